The molecule has 0 aliphatic carbocycles. The summed E-state index contributed by atoms with van der Waals surface area (Å²) < 4.78 is 5.76. The van der Waals surface area contributed by atoms with Gasteiger partial charge in [-0.15, -0.1) is 0 Å². The first-order valence-corrected chi connectivity index (χ1v) is 9.76. The van der Waals surface area contributed by atoms with Crippen LogP contribution in [-0.2, 0) is 11.3 Å². The normalized spacial score (nSPS) is 19.1. The van der Waals surface area contributed by atoms with E-state index >= 15 is 0 Å². The van der Waals surface area contributed by atoms with Crippen LogP contribution in [0, 0.1) is 6.92 Å². The summed E-state index contributed by atoms with van der Waals surface area (Å²) in [6.45, 7) is 6.66. The molecular formula is C22H27N3O4. The van der Waals surface area contributed by atoms with Crippen LogP contribution in [0.25, 0.3) is 0 Å². The molecule has 154 valence electrons. The van der Waals surface area contributed by atoms with Gasteiger partial charge in [-0.1, -0.05) is 30.3 Å². The second-order valence-electron chi connectivity index (χ2n) is 7.45. The van der Waals surface area contributed by atoms with Gasteiger partial charge >= 0.3 is 6.03 Å². The molecule has 2 amide bonds. The van der Waals surface area contributed by atoms with Gasteiger partial charge in [0.25, 0.3) is 0 Å². The maximum absolute atomic E-state index is 13.4. The van der Waals surface area contributed by atoms with Crippen molar-refractivity contribution in [1.29, 1.82) is 0 Å². The number of morpholine rings is 1. The molecule has 0 spiro atoms. The lowest BCUT2D eigenvalue weighted by Gasteiger charge is -2.38. The van der Waals surface area contributed by atoms with E-state index in [1.165, 1.54) is 0 Å². The number of Topliss-reactive ketones (excluding diaryl/α,β-unsaturated/α-hetero) is 1. The number of benzene rings is 1. The Balaban J connectivity index is 1.87. The Morgan fingerprint density at radius 3 is 2.38 bits per heavy atom. The van der Waals surface area contributed by atoms with Crippen molar-refractivity contribution in [3.63, 3.8) is 0 Å². The standard InChI is InChI=1S/C22H27N3O4/c1-15-5-4-6-21(23-15)25(22(28)24-11-16(2)29-17(3)12-24)13-18-7-9-19(10-8-18)20(27)14-26/h4-10,16-17,26H,11-14H2,1-3H3. The molecule has 1 aromatic carbocycles. The van der Waals surface area contributed by atoms with Gasteiger partial charge in [0.15, 0.2) is 5.78 Å². The summed E-state index contributed by atoms with van der Waals surface area (Å²) >= 11 is 0. The number of hydrogen-bond acceptors (Lipinski definition) is 5. The van der Waals surface area contributed by atoms with E-state index < -0.39 is 6.61 Å². The fourth-order valence-electron chi connectivity index (χ4n) is 3.50. The Bertz CT molecular complexity index is 859. The second kappa shape index (κ2) is 9.15. The largest absolute Gasteiger partial charge is 0.388 e. The highest BCUT2D eigenvalue weighted by Gasteiger charge is 2.30. The summed E-state index contributed by atoms with van der Waals surface area (Å²) in [5.41, 5.74) is 2.14. The van der Waals surface area contributed by atoms with Crippen LogP contribution in [0.2, 0.25) is 0 Å². The number of aromatic nitrogens is 1. The smallest absolute Gasteiger partial charge is 0.326 e. The highest BCUT2D eigenvalue weighted by molar-refractivity contribution is 5.97. The lowest BCUT2D eigenvalue weighted by molar-refractivity contribution is -0.0538. The third-order valence-corrected chi connectivity index (χ3v) is 4.83. The van der Waals surface area contributed by atoms with Crippen molar-refractivity contribution >= 4 is 17.6 Å². The van der Waals surface area contributed by atoms with Crippen molar-refractivity contribution in [3.8, 4) is 0 Å². The fraction of sp³-hybridized carbons (Fsp3) is 0.409. The number of ether oxygens (including phenoxy) is 1. The molecule has 1 fully saturated rings. The molecule has 1 aliphatic heterocycles. The molecule has 1 aliphatic rings. The summed E-state index contributed by atoms with van der Waals surface area (Å²) in [5.74, 6) is 0.249. The fourth-order valence-corrected chi connectivity index (χ4v) is 3.50. The predicted molar refractivity (Wildman–Crippen MR) is 110 cm³/mol. The number of aliphatic hydroxyl groups excluding tert-OH is 1. The Morgan fingerprint density at radius 1 is 1.14 bits per heavy atom. The second-order valence-corrected chi connectivity index (χ2v) is 7.45. The lowest BCUT2D eigenvalue weighted by Crippen LogP contribution is -2.53. The number of ketones is 1. The number of carbonyl (C=O) groups excluding carboxylic acids is 2. The summed E-state index contributed by atoms with van der Waals surface area (Å²) in [6, 6.07) is 12.4. The van der Waals surface area contributed by atoms with Gasteiger partial charge in [0.1, 0.15) is 12.4 Å². The predicted octanol–water partition coefficient (Wildman–Crippen LogP) is 2.80. The van der Waals surface area contributed by atoms with E-state index in [0.29, 0.717) is 31.0 Å². The summed E-state index contributed by atoms with van der Waals surface area (Å²) in [5, 5.41) is 9.01. The van der Waals surface area contributed by atoms with Crippen molar-refractivity contribution in [2.24, 2.45) is 0 Å². The van der Waals surface area contributed by atoms with E-state index in [0.717, 1.165) is 11.3 Å². The van der Waals surface area contributed by atoms with Gasteiger partial charge in [-0.05, 0) is 38.5 Å². The molecule has 1 N–H and O–H groups in total. The summed E-state index contributed by atoms with van der Waals surface area (Å²) in [7, 11) is 0. The quantitative estimate of drug-likeness (QED) is 0.785. The molecule has 3 rings (SSSR count). The first kappa shape index (κ1) is 21.0. The zero-order valence-electron chi connectivity index (χ0n) is 17.0. The molecule has 2 atom stereocenters. The van der Waals surface area contributed by atoms with Crippen LogP contribution < -0.4 is 4.90 Å². The lowest BCUT2D eigenvalue weighted by atomic mass is 10.1. The Hall–Kier alpha value is -2.77. The van der Waals surface area contributed by atoms with Crippen molar-refractivity contribution in [2.45, 2.75) is 39.5 Å². The minimum atomic E-state index is -0.523. The van der Waals surface area contributed by atoms with Gasteiger partial charge in [0, 0.05) is 24.3 Å². The van der Waals surface area contributed by atoms with Gasteiger partial charge in [-0.2, -0.15) is 0 Å². The van der Waals surface area contributed by atoms with Crippen molar-refractivity contribution in [2.75, 3.05) is 24.6 Å². The third-order valence-electron chi connectivity index (χ3n) is 4.83. The number of anilines is 1. The van der Waals surface area contributed by atoms with Gasteiger partial charge in [-0.3, -0.25) is 9.69 Å². The Labute approximate surface area is 170 Å². The van der Waals surface area contributed by atoms with Crippen LogP contribution in [0.3, 0.4) is 0 Å². The van der Waals surface area contributed by atoms with Crippen molar-refractivity contribution in [3.05, 3.63) is 59.3 Å². The number of urea groups is 1. The first-order valence-electron chi connectivity index (χ1n) is 9.76. The zero-order valence-corrected chi connectivity index (χ0v) is 17.0. The van der Waals surface area contributed by atoms with Crippen LogP contribution in [0.15, 0.2) is 42.5 Å². The van der Waals surface area contributed by atoms with Crippen LogP contribution in [0.4, 0.5) is 10.6 Å². The average Bonchev–Trinajstić information content (AvgIpc) is 2.70. The van der Waals surface area contributed by atoms with Crippen LogP contribution >= 0.6 is 0 Å². The molecule has 2 aromatic rings. The number of hydrogen-bond donors (Lipinski definition) is 1. The Kier molecular flexibility index (Phi) is 6.61. The van der Waals surface area contributed by atoms with Gasteiger partial charge in [0.2, 0.25) is 0 Å². The van der Waals surface area contributed by atoms with Crippen LogP contribution in [0.5, 0.6) is 0 Å². The third kappa shape index (κ3) is 5.19. The van der Waals surface area contributed by atoms with E-state index in [1.807, 2.05) is 39.0 Å². The maximum Gasteiger partial charge on any atom is 0.326 e. The first-order chi connectivity index (χ1) is 13.9. The molecule has 7 heteroatoms. The van der Waals surface area contributed by atoms with Crippen molar-refractivity contribution in [1.82, 2.24) is 9.88 Å². The van der Waals surface area contributed by atoms with E-state index in [1.54, 1.807) is 34.1 Å². The number of amides is 2. The van der Waals surface area contributed by atoms with E-state index in [9.17, 15) is 9.59 Å². The molecule has 1 aromatic heterocycles. The average molecular weight is 397 g/mol. The number of aryl methyl sites for hydroxylation is 1. The van der Waals surface area contributed by atoms with Crippen molar-refractivity contribution < 1.29 is 19.4 Å². The monoisotopic (exact) mass is 397 g/mol. The summed E-state index contributed by atoms with van der Waals surface area (Å²) in [4.78, 5) is 33.0. The van der Waals surface area contributed by atoms with Gasteiger partial charge in [-0.25, -0.2) is 9.78 Å². The molecule has 2 heterocycles. The van der Waals surface area contributed by atoms with Gasteiger partial charge in [0.05, 0.1) is 18.8 Å². The number of rotatable bonds is 5. The SMILES string of the molecule is Cc1cccc(N(Cc2ccc(C(=O)CO)cc2)C(=O)N2CC(C)OC(C)C2)n1. The molecule has 0 saturated carbocycles. The molecule has 7 nitrogen and oxygen atoms in total. The molecule has 0 bridgehead atoms. The number of aliphatic hydroxyl groups is 1. The minimum absolute atomic E-state index is 0.0289. The van der Waals surface area contributed by atoms with E-state index in [2.05, 4.69) is 4.98 Å². The van der Waals surface area contributed by atoms with Gasteiger partial charge < -0.3 is 14.7 Å². The van der Waals surface area contributed by atoms with Crippen LogP contribution in [0.1, 0.15) is 35.5 Å². The molecule has 0 radical (unpaired) electrons. The Morgan fingerprint density at radius 2 is 1.79 bits per heavy atom. The molecular weight excluding hydrogens is 370 g/mol. The number of pyridine rings is 1. The highest BCUT2D eigenvalue weighted by atomic mass is 16.5. The zero-order chi connectivity index (χ0) is 21.0. The minimum Gasteiger partial charge on any atom is -0.388 e. The number of carbonyl (C=O) groups is 2. The van der Waals surface area contributed by atoms with E-state index in [-0.39, 0.29) is 24.0 Å². The molecule has 29 heavy (non-hydrogen) atoms. The highest BCUT2D eigenvalue weighted by Crippen LogP contribution is 2.21. The van der Waals surface area contributed by atoms with E-state index in [4.69, 9.17) is 9.84 Å². The van der Waals surface area contributed by atoms with Crippen LogP contribution in [-0.4, -0.2) is 58.7 Å². The molecule has 2 unspecified atom stereocenters. The molecule has 1 saturated heterocycles. The number of nitrogens with zero attached hydrogens (tertiary/aromatic N) is 3. The maximum atomic E-state index is 13.4. The topological polar surface area (TPSA) is 83.0 Å². The summed E-state index contributed by atoms with van der Waals surface area (Å²) in [6.07, 6.45) is -0.0578.